The highest BCUT2D eigenvalue weighted by Gasteiger charge is 2.35. The lowest BCUT2D eigenvalue weighted by molar-refractivity contribution is -0.140. The van der Waals surface area contributed by atoms with Gasteiger partial charge in [0.05, 0.1) is 0 Å². The zero-order valence-electron chi connectivity index (χ0n) is 20.0. The number of carbonyl (C=O) groups is 2. The highest BCUT2D eigenvalue weighted by Crippen LogP contribution is 2.28. The van der Waals surface area contributed by atoms with Gasteiger partial charge in [-0.2, -0.15) is 5.10 Å². The van der Waals surface area contributed by atoms with Crippen LogP contribution in [-0.4, -0.2) is 88.7 Å². The van der Waals surface area contributed by atoms with Crippen LogP contribution in [0.5, 0.6) is 5.75 Å². The summed E-state index contributed by atoms with van der Waals surface area (Å²) in [6.45, 7) is 4.43. The Morgan fingerprint density at radius 2 is 1.74 bits per heavy atom. The summed E-state index contributed by atoms with van der Waals surface area (Å²) in [6.07, 6.45) is 3.79. The Morgan fingerprint density at radius 3 is 2.41 bits per heavy atom. The van der Waals surface area contributed by atoms with E-state index in [2.05, 4.69) is 17.0 Å². The number of piperidine rings is 1. The minimum absolute atomic E-state index is 0.0581. The zero-order chi connectivity index (χ0) is 24.1. The van der Waals surface area contributed by atoms with Crippen molar-refractivity contribution in [1.29, 1.82) is 0 Å². The minimum atomic E-state index is -0.126. The first kappa shape index (κ1) is 24.5. The third kappa shape index (κ3) is 6.30. The van der Waals surface area contributed by atoms with Crippen molar-refractivity contribution in [2.24, 2.45) is 13.0 Å². The van der Waals surface area contributed by atoms with E-state index in [1.165, 1.54) is 0 Å². The summed E-state index contributed by atoms with van der Waals surface area (Å²) in [5, 5.41) is 4.83. The molecule has 2 aliphatic heterocycles. The first-order valence-corrected chi connectivity index (χ1v) is 12.4. The van der Waals surface area contributed by atoms with Gasteiger partial charge in [0.15, 0.2) is 0 Å². The number of benzene rings is 1. The van der Waals surface area contributed by atoms with Gasteiger partial charge in [-0.15, -0.1) is 0 Å². The Morgan fingerprint density at radius 1 is 1.00 bits per heavy atom. The van der Waals surface area contributed by atoms with Crippen LogP contribution >= 0.6 is 11.6 Å². The smallest absolute Gasteiger partial charge is 0.223 e. The maximum Gasteiger partial charge on any atom is 0.223 e. The van der Waals surface area contributed by atoms with Crippen molar-refractivity contribution < 1.29 is 14.3 Å². The van der Waals surface area contributed by atoms with Crippen molar-refractivity contribution >= 4 is 23.4 Å². The molecule has 2 aromatic rings. The van der Waals surface area contributed by atoms with E-state index in [0.29, 0.717) is 43.8 Å². The first-order valence-electron chi connectivity index (χ1n) is 12.0. The quantitative estimate of drug-likeness (QED) is 0.600. The normalized spacial score (nSPS) is 21.5. The fraction of sp³-hybridized carbons (Fsp3) is 0.560. The number of piperazine rings is 1. The second kappa shape index (κ2) is 11.2. The molecule has 34 heavy (non-hydrogen) atoms. The van der Waals surface area contributed by atoms with Crippen molar-refractivity contribution in [2.45, 2.75) is 31.8 Å². The Balaban J connectivity index is 1.40. The molecule has 4 rings (SSSR count). The van der Waals surface area contributed by atoms with Crippen LogP contribution in [0.25, 0.3) is 0 Å². The lowest BCUT2D eigenvalue weighted by atomic mass is 9.90. The number of aromatic nitrogens is 2. The van der Waals surface area contributed by atoms with Gasteiger partial charge in [0.1, 0.15) is 11.9 Å². The zero-order valence-corrected chi connectivity index (χ0v) is 20.8. The van der Waals surface area contributed by atoms with E-state index in [4.69, 9.17) is 16.3 Å². The fourth-order valence-electron chi connectivity index (χ4n) is 4.73. The van der Waals surface area contributed by atoms with Gasteiger partial charge in [-0.05, 0) is 43.8 Å². The van der Waals surface area contributed by atoms with Crippen LogP contribution in [0, 0.1) is 5.92 Å². The van der Waals surface area contributed by atoms with Gasteiger partial charge in [0.2, 0.25) is 11.8 Å². The van der Waals surface area contributed by atoms with Crippen LogP contribution in [0.2, 0.25) is 5.02 Å². The van der Waals surface area contributed by atoms with E-state index in [-0.39, 0.29) is 23.8 Å². The predicted molar refractivity (Wildman–Crippen MR) is 131 cm³/mol. The molecule has 184 valence electrons. The van der Waals surface area contributed by atoms with Gasteiger partial charge in [-0.1, -0.05) is 11.6 Å². The maximum absolute atomic E-state index is 13.1. The lowest BCUT2D eigenvalue weighted by Gasteiger charge is -2.40. The molecule has 0 N–H and O–H groups in total. The average Bonchev–Trinajstić information content (AvgIpc) is 3.25. The second-order valence-electron chi connectivity index (χ2n) is 9.33. The highest BCUT2D eigenvalue weighted by atomic mass is 35.5. The number of aryl methyl sites for hydroxylation is 2. The average molecular weight is 488 g/mol. The molecule has 8 nitrogen and oxygen atoms in total. The largest absolute Gasteiger partial charge is 0.490 e. The van der Waals surface area contributed by atoms with E-state index in [1.807, 2.05) is 35.0 Å². The molecule has 0 aliphatic carbocycles. The number of likely N-dealkylation sites (tertiary alicyclic amines) is 1. The van der Waals surface area contributed by atoms with E-state index in [1.54, 1.807) is 23.0 Å². The number of halogens is 1. The monoisotopic (exact) mass is 487 g/mol. The molecule has 3 heterocycles. The van der Waals surface area contributed by atoms with E-state index >= 15 is 0 Å². The first-order chi connectivity index (χ1) is 16.4. The summed E-state index contributed by atoms with van der Waals surface area (Å²) in [5.74, 6) is 0.940. The van der Waals surface area contributed by atoms with Gasteiger partial charge in [0.25, 0.3) is 0 Å². The minimum Gasteiger partial charge on any atom is -0.490 e. The van der Waals surface area contributed by atoms with Crippen molar-refractivity contribution in [3.8, 4) is 5.75 Å². The van der Waals surface area contributed by atoms with Gasteiger partial charge in [-0.3, -0.25) is 14.3 Å². The van der Waals surface area contributed by atoms with E-state index in [9.17, 15) is 9.59 Å². The summed E-state index contributed by atoms with van der Waals surface area (Å²) in [4.78, 5) is 32.2. The van der Waals surface area contributed by atoms with Crippen LogP contribution in [0.4, 0.5) is 0 Å². The molecule has 0 unspecified atom stereocenters. The van der Waals surface area contributed by atoms with Gasteiger partial charge < -0.3 is 19.4 Å². The number of hydrogen-bond donors (Lipinski definition) is 0. The standard InChI is InChI=1S/C25H34ClN5O3/c1-28-13-15-30(16-14-28)25(33)17-19-18-31(24(32)8-5-21-9-11-27-29(21)2)12-10-23(19)34-22-6-3-20(26)4-7-22/h3-4,6-7,9,11,19,23H,5,8,10,12-18H2,1-2H3/t19-,23-/m0/s1. The highest BCUT2D eigenvalue weighted by molar-refractivity contribution is 6.30. The summed E-state index contributed by atoms with van der Waals surface area (Å²) >= 11 is 6.02. The molecule has 9 heteroatoms. The number of nitrogens with zero attached hydrogens (tertiary/aromatic N) is 5. The van der Waals surface area contributed by atoms with Crippen LogP contribution < -0.4 is 4.74 Å². The maximum atomic E-state index is 13.1. The third-order valence-electron chi connectivity index (χ3n) is 6.93. The van der Waals surface area contributed by atoms with Crippen molar-refractivity contribution in [1.82, 2.24) is 24.5 Å². The molecule has 2 saturated heterocycles. The van der Waals surface area contributed by atoms with Gasteiger partial charge in [-0.25, -0.2) is 0 Å². The topological polar surface area (TPSA) is 70.9 Å². The van der Waals surface area contributed by atoms with Crippen molar-refractivity contribution in [2.75, 3.05) is 46.3 Å². The number of amides is 2. The van der Waals surface area contributed by atoms with E-state index < -0.39 is 0 Å². The Hall–Kier alpha value is -2.58. The van der Waals surface area contributed by atoms with Crippen molar-refractivity contribution in [3.05, 3.63) is 47.2 Å². The number of carbonyl (C=O) groups excluding carboxylic acids is 2. The second-order valence-corrected chi connectivity index (χ2v) is 9.77. The molecular weight excluding hydrogens is 454 g/mol. The lowest BCUT2D eigenvalue weighted by Crippen LogP contribution is -2.51. The number of ether oxygens (including phenoxy) is 1. The molecule has 2 fully saturated rings. The van der Waals surface area contributed by atoms with Crippen LogP contribution in [-0.2, 0) is 23.1 Å². The predicted octanol–water partition coefficient (Wildman–Crippen LogP) is 2.47. The summed E-state index contributed by atoms with van der Waals surface area (Å²) < 4.78 is 8.11. The SMILES string of the molecule is CN1CCN(C(=O)C[C@H]2CN(C(=O)CCc3ccnn3C)CC[C@@H]2Oc2ccc(Cl)cc2)CC1. The Labute approximate surface area is 206 Å². The molecule has 0 bridgehead atoms. The number of likely N-dealkylation sites (N-methyl/N-ethyl adjacent to an activating group) is 1. The van der Waals surface area contributed by atoms with Crippen LogP contribution in [0.3, 0.4) is 0 Å². The molecule has 0 radical (unpaired) electrons. The molecule has 1 aromatic carbocycles. The molecule has 2 amide bonds. The molecular formula is C25H34ClN5O3. The summed E-state index contributed by atoms with van der Waals surface area (Å²) in [7, 11) is 3.97. The van der Waals surface area contributed by atoms with E-state index in [0.717, 1.165) is 37.6 Å². The van der Waals surface area contributed by atoms with Crippen molar-refractivity contribution in [3.63, 3.8) is 0 Å². The Kier molecular flexibility index (Phi) is 8.11. The molecule has 0 saturated carbocycles. The van der Waals surface area contributed by atoms with Crippen LogP contribution in [0.15, 0.2) is 36.5 Å². The number of rotatable bonds is 7. The molecule has 2 aliphatic rings. The molecule has 1 aromatic heterocycles. The fourth-order valence-corrected chi connectivity index (χ4v) is 4.85. The van der Waals surface area contributed by atoms with Gasteiger partial charge >= 0.3 is 0 Å². The summed E-state index contributed by atoms with van der Waals surface area (Å²) in [5.41, 5.74) is 1.04. The summed E-state index contributed by atoms with van der Waals surface area (Å²) in [6, 6.07) is 9.26. The Bertz CT molecular complexity index is 971. The third-order valence-corrected chi connectivity index (χ3v) is 7.18. The molecule has 0 spiro atoms. The van der Waals surface area contributed by atoms with Crippen LogP contribution in [0.1, 0.15) is 25.0 Å². The molecule has 2 atom stereocenters. The van der Waals surface area contributed by atoms with Gasteiger partial charge in [0, 0.05) is 88.4 Å². The number of hydrogen-bond acceptors (Lipinski definition) is 5.